The molecule has 0 aliphatic heterocycles. The molecule has 0 saturated heterocycles. The zero-order valence-electron chi connectivity index (χ0n) is 5.36. The van der Waals surface area contributed by atoms with Gasteiger partial charge in [-0.2, -0.15) is 8.42 Å². The second-order valence-corrected chi connectivity index (χ2v) is 4.60. The van der Waals surface area contributed by atoms with Crippen molar-refractivity contribution in [2.75, 3.05) is 0 Å². The minimum atomic E-state index is -4.02. The van der Waals surface area contributed by atoms with E-state index < -0.39 is 10.1 Å². The summed E-state index contributed by atoms with van der Waals surface area (Å²) in [5, 5.41) is 0. The van der Waals surface area contributed by atoms with Crippen LogP contribution in [0.3, 0.4) is 0 Å². The van der Waals surface area contributed by atoms with E-state index >= 15 is 0 Å². The van der Waals surface area contributed by atoms with Gasteiger partial charge in [0.15, 0.2) is 17.4 Å². The summed E-state index contributed by atoms with van der Waals surface area (Å²) in [5.74, 6) is 0. The Bertz CT molecular complexity index is 346. The number of hydrogen-bond donors (Lipinski definition) is 1. The molecule has 0 atom stereocenters. The van der Waals surface area contributed by atoms with Gasteiger partial charge in [-0.25, -0.2) is 0 Å². The van der Waals surface area contributed by atoms with Crippen LogP contribution < -0.4 is 0 Å². The fourth-order valence-electron chi connectivity index (χ4n) is 0.607. The molecule has 0 amide bonds. The molecule has 0 heterocycles. The molecule has 1 aromatic carbocycles. The van der Waals surface area contributed by atoms with Crippen LogP contribution in [0.4, 0.5) is 0 Å². The summed E-state index contributed by atoms with van der Waals surface area (Å²) in [4.78, 5) is -0.0714. The van der Waals surface area contributed by atoms with Gasteiger partial charge in [-0.3, -0.25) is 4.55 Å². The lowest BCUT2D eigenvalue weighted by Gasteiger charge is -1.94. The van der Waals surface area contributed by atoms with Crippen LogP contribution in [-0.2, 0) is 10.1 Å². The molecule has 0 fully saturated rings. The average molecular weight is 314 g/mol. The van der Waals surface area contributed by atoms with E-state index in [0.29, 0.717) is 0 Å². The van der Waals surface area contributed by atoms with Gasteiger partial charge in [-0.1, -0.05) is 0 Å². The van der Waals surface area contributed by atoms with E-state index in [1.54, 1.807) is 12.1 Å². The molecule has 1 aromatic rings. The standard InChI is InChI=1S/C6H5IO3S.Al.3H/c7-5-1-3-6(4-2-5)11(8,9)10;;;;/h1-4H,(H,8,9,10);;;;. The predicted molar refractivity (Wildman–Crippen MR) is 58.9 cm³/mol. The van der Waals surface area contributed by atoms with Gasteiger partial charge in [-0.15, -0.1) is 0 Å². The molecule has 0 aromatic heterocycles. The third kappa shape index (κ3) is 3.41. The maximum atomic E-state index is 10.5. The van der Waals surface area contributed by atoms with Crippen LogP contribution in [-0.4, -0.2) is 30.3 Å². The Labute approximate surface area is 95.2 Å². The highest BCUT2D eigenvalue weighted by Crippen LogP contribution is 2.10. The molecule has 0 bridgehead atoms. The molecular formula is C6H8AlIO3S. The Morgan fingerprint density at radius 2 is 1.58 bits per heavy atom. The van der Waals surface area contributed by atoms with Gasteiger partial charge in [0.1, 0.15) is 0 Å². The van der Waals surface area contributed by atoms with E-state index in [4.69, 9.17) is 4.55 Å². The average Bonchev–Trinajstić information content (AvgIpc) is 1.86. The van der Waals surface area contributed by atoms with Crippen molar-refractivity contribution in [2.45, 2.75) is 4.90 Å². The summed E-state index contributed by atoms with van der Waals surface area (Å²) in [5.41, 5.74) is 0. The summed E-state index contributed by atoms with van der Waals surface area (Å²) in [6.45, 7) is 0. The van der Waals surface area contributed by atoms with Crippen LogP contribution in [0.15, 0.2) is 29.2 Å². The van der Waals surface area contributed by atoms with Crippen molar-refractivity contribution >= 4 is 50.1 Å². The molecule has 0 saturated carbocycles. The molecule has 0 spiro atoms. The van der Waals surface area contributed by atoms with Crippen molar-refractivity contribution in [3.63, 3.8) is 0 Å². The van der Waals surface area contributed by atoms with E-state index in [0.717, 1.165) is 3.57 Å². The maximum absolute atomic E-state index is 10.5. The number of hydrogen-bond acceptors (Lipinski definition) is 2. The van der Waals surface area contributed by atoms with Crippen LogP contribution >= 0.6 is 22.6 Å². The van der Waals surface area contributed by atoms with E-state index in [9.17, 15) is 8.42 Å². The van der Waals surface area contributed by atoms with Gasteiger partial charge in [0, 0.05) is 3.57 Å². The monoisotopic (exact) mass is 314 g/mol. The van der Waals surface area contributed by atoms with E-state index in [1.807, 2.05) is 22.6 Å². The minimum Gasteiger partial charge on any atom is -0.282 e. The molecule has 0 aliphatic carbocycles. The molecule has 1 N–H and O–H groups in total. The lowest BCUT2D eigenvalue weighted by molar-refractivity contribution is 0.483. The molecule has 3 nitrogen and oxygen atoms in total. The van der Waals surface area contributed by atoms with Crippen LogP contribution in [0.5, 0.6) is 0 Å². The normalized spacial score (nSPS) is 10.5. The lowest BCUT2D eigenvalue weighted by atomic mass is 10.4. The molecule has 66 valence electrons. The van der Waals surface area contributed by atoms with Gasteiger partial charge in [0.2, 0.25) is 0 Å². The summed E-state index contributed by atoms with van der Waals surface area (Å²) in [6.07, 6.45) is 0. The van der Waals surface area contributed by atoms with Crippen LogP contribution in [0.1, 0.15) is 0 Å². The largest absolute Gasteiger partial charge is 0.294 e. The SMILES string of the molecule is O=S(=O)(O)c1ccc(I)cc1.[AlH3]. The summed E-state index contributed by atoms with van der Waals surface area (Å²) in [6, 6.07) is 5.95. The van der Waals surface area contributed by atoms with Crippen molar-refractivity contribution in [1.29, 1.82) is 0 Å². The first kappa shape index (κ1) is 12.4. The summed E-state index contributed by atoms with van der Waals surface area (Å²) >= 11 is 2.05. The molecule has 0 radical (unpaired) electrons. The van der Waals surface area contributed by atoms with E-state index in [2.05, 4.69) is 0 Å². The Balaban J connectivity index is 0.00000121. The molecule has 0 aliphatic rings. The number of halogens is 1. The molecular weight excluding hydrogens is 306 g/mol. The first-order valence-electron chi connectivity index (χ1n) is 2.73. The van der Waals surface area contributed by atoms with Crippen LogP contribution in [0, 0.1) is 3.57 Å². The Morgan fingerprint density at radius 3 is 1.92 bits per heavy atom. The van der Waals surface area contributed by atoms with Gasteiger partial charge in [-0.05, 0) is 46.9 Å². The first-order chi connectivity index (χ1) is 5.00. The Hall–Kier alpha value is 0.392. The second kappa shape index (κ2) is 4.58. The van der Waals surface area contributed by atoms with Crippen molar-refractivity contribution in [2.24, 2.45) is 0 Å². The Morgan fingerprint density at radius 1 is 1.17 bits per heavy atom. The third-order valence-corrected chi connectivity index (χ3v) is 2.70. The highest BCUT2D eigenvalue weighted by Gasteiger charge is 2.07. The predicted octanol–water partition coefficient (Wildman–Crippen LogP) is 0.354. The smallest absolute Gasteiger partial charge is 0.282 e. The highest BCUT2D eigenvalue weighted by molar-refractivity contribution is 14.1. The number of benzene rings is 1. The van der Waals surface area contributed by atoms with Crippen molar-refractivity contribution in [3.05, 3.63) is 27.8 Å². The summed E-state index contributed by atoms with van der Waals surface area (Å²) < 4.78 is 30.5. The molecule has 6 heteroatoms. The van der Waals surface area contributed by atoms with Gasteiger partial charge >= 0.3 is 0 Å². The Kier molecular flexibility index (Phi) is 4.73. The van der Waals surface area contributed by atoms with E-state index in [1.165, 1.54) is 12.1 Å². The minimum absolute atomic E-state index is 0. The zero-order valence-corrected chi connectivity index (χ0v) is 8.33. The summed E-state index contributed by atoms with van der Waals surface area (Å²) in [7, 11) is -4.02. The third-order valence-electron chi connectivity index (χ3n) is 1.11. The number of rotatable bonds is 1. The topological polar surface area (TPSA) is 54.4 Å². The first-order valence-corrected chi connectivity index (χ1v) is 5.25. The van der Waals surface area contributed by atoms with Crippen molar-refractivity contribution < 1.29 is 13.0 Å². The van der Waals surface area contributed by atoms with Crippen molar-refractivity contribution in [1.82, 2.24) is 0 Å². The highest BCUT2D eigenvalue weighted by atomic mass is 127. The molecule has 12 heavy (non-hydrogen) atoms. The van der Waals surface area contributed by atoms with Gasteiger partial charge < -0.3 is 0 Å². The fraction of sp³-hybridized carbons (Fsp3) is 0. The second-order valence-electron chi connectivity index (χ2n) is 1.93. The van der Waals surface area contributed by atoms with Crippen LogP contribution in [0.2, 0.25) is 0 Å². The zero-order chi connectivity index (χ0) is 8.48. The lowest BCUT2D eigenvalue weighted by Crippen LogP contribution is -1.96. The quantitative estimate of drug-likeness (QED) is 0.462. The van der Waals surface area contributed by atoms with Gasteiger partial charge in [0.25, 0.3) is 10.1 Å². The molecule has 1 rings (SSSR count). The maximum Gasteiger partial charge on any atom is 0.294 e. The fourth-order valence-corrected chi connectivity index (χ4v) is 1.45. The van der Waals surface area contributed by atoms with Crippen molar-refractivity contribution in [3.8, 4) is 0 Å². The van der Waals surface area contributed by atoms with Gasteiger partial charge in [0.05, 0.1) is 4.90 Å². The van der Waals surface area contributed by atoms with Crippen LogP contribution in [0.25, 0.3) is 0 Å². The molecule has 0 unspecified atom stereocenters. The van der Waals surface area contributed by atoms with E-state index in [-0.39, 0.29) is 22.3 Å².